The smallest absolute Gasteiger partial charge is 0.341 e. The van der Waals surface area contributed by atoms with Gasteiger partial charge in [0, 0.05) is 36.5 Å². The molecule has 0 spiro atoms. The summed E-state index contributed by atoms with van der Waals surface area (Å²) in [6, 6.07) is 4.24. The van der Waals surface area contributed by atoms with Crippen LogP contribution in [-0.4, -0.2) is 34.3 Å². The SMILES string of the molecule is Cc1c(F)c(N2CCC(C(C)(C)N)C2)cc2c1c(=O)c(C(=O)O)cn2-c1ccc(F)cc1F. The summed E-state index contributed by atoms with van der Waals surface area (Å²) in [7, 11) is 0. The molecular weight excluding hydrogens is 435 g/mol. The molecule has 0 saturated carbocycles. The van der Waals surface area contributed by atoms with Gasteiger partial charge in [0.05, 0.1) is 22.3 Å². The number of anilines is 1. The third kappa shape index (κ3) is 3.86. The van der Waals surface area contributed by atoms with Crippen molar-refractivity contribution in [3.8, 4) is 5.69 Å². The fourth-order valence-corrected chi connectivity index (χ4v) is 4.47. The highest BCUT2D eigenvalue weighted by Crippen LogP contribution is 2.35. The number of hydrogen-bond donors (Lipinski definition) is 2. The standard InChI is InChI=1S/C24H24F3N3O3/c1-12-20-18(9-19(21(12)27)29-7-6-13(10-29)24(2,3)28)30(11-15(22(20)31)23(32)33)17-5-4-14(25)8-16(17)26/h4-5,8-9,11,13H,6-7,10,28H2,1-3H3,(H,32,33). The molecule has 1 aliphatic heterocycles. The van der Waals surface area contributed by atoms with Crippen LogP contribution in [0.1, 0.15) is 36.2 Å². The van der Waals surface area contributed by atoms with E-state index in [1.807, 2.05) is 18.7 Å². The number of carbonyl (C=O) groups is 1. The molecule has 0 amide bonds. The summed E-state index contributed by atoms with van der Waals surface area (Å²) in [5.41, 5.74) is 4.39. The van der Waals surface area contributed by atoms with Crippen molar-refractivity contribution in [3.63, 3.8) is 0 Å². The maximum atomic E-state index is 15.5. The topological polar surface area (TPSA) is 88.6 Å². The minimum atomic E-state index is -1.53. The Morgan fingerprint density at radius 2 is 1.88 bits per heavy atom. The number of rotatable bonds is 4. The third-order valence-corrected chi connectivity index (χ3v) is 6.43. The second-order valence-electron chi connectivity index (χ2n) is 9.12. The Morgan fingerprint density at radius 3 is 2.45 bits per heavy atom. The molecule has 0 bridgehead atoms. The van der Waals surface area contributed by atoms with Crippen LogP contribution in [0.25, 0.3) is 16.6 Å². The summed E-state index contributed by atoms with van der Waals surface area (Å²) in [4.78, 5) is 26.5. The van der Waals surface area contributed by atoms with E-state index in [1.165, 1.54) is 13.0 Å². The number of nitrogens with zero attached hydrogens (tertiary/aromatic N) is 2. The Hall–Kier alpha value is -3.33. The van der Waals surface area contributed by atoms with Gasteiger partial charge in [-0.25, -0.2) is 18.0 Å². The monoisotopic (exact) mass is 459 g/mol. The first-order valence-corrected chi connectivity index (χ1v) is 10.5. The van der Waals surface area contributed by atoms with Gasteiger partial charge in [0.25, 0.3) is 0 Å². The van der Waals surface area contributed by atoms with Crippen LogP contribution >= 0.6 is 0 Å². The Labute approximate surface area is 188 Å². The highest BCUT2D eigenvalue weighted by Gasteiger charge is 2.34. The average Bonchev–Trinajstić information content (AvgIpc) is 3.21. The van der Waals surface area contributed by atoms with Gasteiger partial charge >= 0.3 is 5.97 Å². The van der Waals surface area contributed by atoms with Gasteiger partial charge in [-0.2, -0.15) is 0 Å². The number of hydrogen-bond acceptors (Lipinski definition) is 4. The van der Waals surface area contributed by atoms with Crippen molar-refractivity contribution in [1.82, 2.24) is 4.57 Å². The summed E-state index contributed by atoms with van der Waals surface area (Å²) >= 11 is 0. The van der Waals surface area contributed by atoms with E-state index < -0.39 is 40.0 Å². The van der Waals surface area contributed by atoms with Crippen molar-refractivity contribution in [1.29, 1.82) is 0 Å². The van der Waals surface area contributed by atoms with Crippen LogP contribution in [0.4, 0.5) is 18.9 Å². The molecule has 6 nitrogen and oxygen atoms in total. The number of aromatic nitrogens is 1. The fraction of sp³-hybridized carbons (Fsp3) is 0.333. The molecule has 2 aromatic carbocycles. The third-order valence-electron chi connectivity index (χ3n) is 6.43. The molecule has 33 heavy (non-hydrogen) atoms. The molecule has 1 atom stereocenters. The van der Waals surface area contributed by atoms with Gasteiger partial charge < -0.3 is 20.3 Å². The minimum Gasteiger partial charge on any atom is -0.477 e. The highest BCUT2D eigenvalue weighted by atomic mass is 19.1. The lowest BCUT2D eigenvalue weighted by Gasteiger charge is -2.28. The first-order valence-electron chi connectivity index (χ1n) is 10.5. The van der Waals surface area contributed by atoms with Gasteiger partial charge in [0.1, 0.15) is 23.0 Å². The minimum absolute atomic E-state index is 0.0395. The lowest BCUT2D eigenvalue weighted by molar-refractivity contribution is 0.0695. The van der Waals surface area contributed by atoms with Crippen LogP contribution < -0.4 is 16.1 Å². The molecule has 0 aliphatic carbocycles. The maximum absolute atomic E-state index is 15.5. The zero-order valence-electron chi connectivity index (χ0n) is 18.5. The summed E-state index contributed by atoms with van der Waals surface area (Å²) < 4.78 is 44.8. The summed E-state index contributed by atoms with van der Waals surface area (Å²) in [6.07, 6.45) is 1.73. The zero-order chi connectivity index (χ0) is 24.2. The molecule has 174 valence electrons. The zero-order valence-corrected chi connectivity index (χ0v) is 18.5. The number of aryl methyl sites for hydroxylation is 1. The summed E-state index contributed by atoms with van der Waals surface area (Å²) in [5.74, 6) is -3.83. The van der Waals surface area contributed by atoms with Crippen LogP contribution in [0.15, 0.2) is 35.3 Å². The van der Waals surface area contributed by atoms with Crippen molar-refractivity contribution >= 4 is 22.6 Å². The molecular formula is C24H24F3N3O3. The predicted molar refractivity (Wildman–Crippen MR) is 120 cm³/mol. The van der Waals surface area contributed by atoms with E-state index in [0.29, 0.717) is 19.2 Å². The van der Waals surface area contributed by atoms with Crippen LogP contribution in [0, 0.1) is 30.3 Å². The van der Waals surface area contributed by atoms with Gasteiger partial charge in [0.2, 0.25) is 5.43 Å². The van der Waals surface area contributed by atoms with Crippen LogP contribution in [0.2, 0.25) is 0 Å². The van der Waals surface area contributed by atoms with Gasteiger partial charge in [-0.15, -0.1) is 0 Å². The molecule has 0 radical (unpaired) electrons. The Kier molecular flexibility index (Phi) is 5.48. The van der Waals surface area contributed by atoms with Gasteiger partial charge in [-0.3, -0.25) is 4.79 Å². The van der Waals surface area contributed by atoms with Gasteiger partial charge in [-0.1, -0.05) is 0 Å². The van der Waals surface area contributed by atoms with Crippen LogP contribution in [0.3, 0.4) is 0 Å². The van der Waals surface area contributed by atoms with Crippen LogP contribution in [0.5, 0.6) is 0 Å². The van der Waals surface area contributed by atoms with E-state index in [2.05, 4.69) is 0 Å². The van der Waals surface area contributed by atoms with Gasteiger partial charge in [0.15, 0.2) is 0 Å². The van der Waals surface area contributed by atoms with Crippen LogP contribution in [-0.2, 0) is 0 Å². The number of aromatic carboxylic acids is 1. The molecule has 4 rings (SSSR count). The molecule has 9 heteroatoms. The second-order valence-corrected chi connectivity index (χ2v) is 9.12. The Bertz CT molecular complexity index is 1340. The van der Waals surface area contributed by atoms with E-state index in [1.54, 1.807) is 0 Å². The predicted octanol–water partition coefficient (Wildman–Crippen LogP) is 3.98. The van der Waals surface area contributed by atoms with Crippen molar-refractivity contribution in [2.45, 2.75) is 32.7 Å². The number of halogens is 3. The molecule has 1 aliphatic rings. The van der Waals surface area contributed by atoms with E-state index in [-0.39, 0.29) is 33.8 Å². The lowest BCUT2D eigenvalue weighted by Crippen LogP contribution is -2.42. The second kappa shape index (κ2) is 7.91. The van der Waals surface area contributed by atoms with E-state index in [0.717, 1.165) is 29.3 Å². The highest BCUT2D eigenvalue weighted by molar-refractivity contribution is 5.95. The first kappa shape index (κ1) is 22.8. The molecule has 1 unspecified atom stereocenters. The molecule has 3 aromatic rings. The normalized spacial score (nSPS) is 16.6. The molecule has 2 heterocycles. The fourth-order valence-electron chi connectivity index (χ4n) is 4.47. The van der Waals surface area contributed by atoms with E-state index in [9.17, 15) is 23.5 Å². The molecule has 1 aromatic heterocycles. The number of pyridine rings is 1. The van der Waals surface area contributed by atoms with Crippen molar-refractivity contribution in [2.24, 2.45) is 11.7 Å². The molecule has 1 saturated heterocycles. The molecule has 1 fully saturated rings. The first-order chi connectivity index (χ1) is 15.4. The number of fused-ring (bicyclic) bond motifs is 1. The van der Waals surface area contributed by atoms with Crippen molar-refractivity contribution in [3.05, 3.63) is 69.3 Å². The molecule has 3 N–H and O–H groups in total. The van der Waals surface area contributed by atoms with E-state index >= 15 is 4.39 Å². The Balaban J connectivity index is 2.02. The van der Waals surface area contributed by atoms with Gasteiger partial charge in [-0.05, 0) is 51.3 Å². The van der Waals surface area contributed by atoms with Crippen molar-refractivity contribution < 1.29 is 23.1 Å². The largest absolute Gasteiger partial charge is 0.477 e. The number of carboxylic acid groups (broad SMARTS) is 1. The Morgan fingerprint density at radius 1 is 1.18 bits per heavy atom. The lowest BCUT2D eigenvalue weighted by atomic mass is 9.88. The number of benzene rings is 2. The number of carboxylic acids is 1. The average molecular weight is 459 g/mol. The maximum Gasteiger partial charge on any atom is 0.341 e. The summed E-state index contributed by atoms with van der Waals surface area (Å²) in [5, 5.41) is 9.35. The quantitative estimate of drug-likeness (QED) is 0.616. The summed E-state index contributed by atoms with van der Waals surface area (Å²) in [6.45, 7) is 6.24. The van der Waals surface area contributed by atoms with Crippen molar-refractivity contribution in [2.75, 3.05) is 18.0 Å². The number of nitrogens with two attached hydrogens (primary N) is 1. The van der Waals surface area contributed by atoms with E-state index in [4.69, 9.17) is 5.73 Å².